The third kappa shape index (κ3) is 10.8. The van der Waals surface area contributed by atoms with Crippen LogP contribution in [0.5, 0.6) is 5.75 Å². The molecule has 0 spiro atoms. The predicted molar refractivity (Wildman–Crippen MR) is 132 cm³/mol. The number of nitrogens with two attached hydrogens (primary N) is 1. The first-order chi connectivity index (χ1) is 17.7. The van der Waals surface area contributed by atoms with Gasteiger partial charge < -0.3 is 42.1 Å². The van der Waals surface area contributed by atoms with Gasteiger partial charge in [0.05, 0.1) is 12.5 Å². The smallest absolute Gasteiger partial charge is 0.326 e. The molecule has 38 heavy (non-hydrogen) atoms. The summed E-state index contributed by atoms with van der Waals surface area (Å²) in [6.45, 7) is 3.34. The zero-order valence-electron chi connectivity index (χ0n) is 21.0. The lowest BCUT2D eigenvalue weighted by atomic mass is 9.96. The average molecular weight is 539 g/mol. The number of carboxylic acids is 3. The quantitative estimate of drug-likeness (QED) is 0.129. The van der Waals surface area contributed by atoms with E-state index in [1.807, 2.05) is 0 Å². The molecule has 14 nitrogen and oxygen atoms in total. The molecule has 0 aliphatic carbocycles. The molecule has 0 aromatic heterocycles. The molecule has 3 amide bonds. The van der Waals surface area contributed by atoms with Gasteiger partial charge in [-0.2, -0.15) is 0 Å². The van der Waals surface area contributed by atoms with Crippen molar-refractivity contribution in [3.05, 3.63) is 29.8 Å². The van der Waals surface area contributed by atoms with Gasteiger partial charge in [-0.05, 0) is 30.0 Å². The lowest BCUT2D eigenvalue weighted by Gasteiger charge is -2.28. The topological polar surface area (TPSA) is 245 Å². The summed E-state index contributed by atoms with van der Waals surface area (Å²) in [5.74, 6) is -7.26. The molecule has 5 unspecified atom stereocenters. The first-order valence-corrected chi connectivity index (χ1v) is 11.9. The molecule has 0 heterocycles. The molecule has 14 heteroatoms. The summed E-state index contributed by atoms with van der Waals surface area (Å²) < 4.78 is 0. The molecule has 5 atom stereocenters. The van der Waals surface area contributed by atoms with Gasteiger partial charge in [-0.3, -0.25) is 24.0 Å². The van der Waals surface area contributed by atoms with E-state index in [2.05, 4.69) is 16.0 Å². The zero-order valence-corrected chi connectivity index (χ0v) is 21.0. The molecule has 0 aliphatic rings. The van der Waals surface area contributed by atoms with Crippen LogP contribution < -0.4 is 21.7 Å². The Kier molecular flexibility index (Phi) is 12.7. The minimum absolute atomic E-state index is 0.0302. The molecule has 1 rings (SSSR count). The van der Waals surface area contributed by atoms with Gasteiger partial charge in [-0.15, -0.1) is 0 Å². The number of benzene rings is 1. The van der Waals surface area contributed by atoms with Crippen LogP contribution in [0.25, 0.3) is 0 Å². The normalized spacial score (nSPS) is 14.7. The number of phenolic OH excluding ortho intramolecular Hbond substituents is 1. The minimum atomic E-state index is -1.73. The SMILES string of the molecule is CCC(C)C(NC(=O)C(Cc1ccc(O)cc1)NC(=O)C(N)CCC(=O)O)C(=O)NC(CC(=O)O)C(=O)O. The van der Waals surface area contributed by atoms with E-state index >= 15 is 0 Å². The predicted octanol–water partition coefficient (Wildman–Crippen LogP) is -0.813. The van der Waals surface area contributed by atoms with E-state index in [1.54, 1.807) is 13.8 Å². The highest BCUT2D eigenvalue weighted by Gasteiger charge is 2.33. The summed E-state index contributed by atoms with van der Waals surface area (Å²) in [4.78, 5) is 71.9. The fourth-order valence-corrected chi connectivity index (χ4v) is 3.36. The summed E-state index contributed by atoms with van der Waals surface area (Å²) >= 11 is 0. The zero-order chi connectivity index (χ0) is 29.0. The van der Waals surface area contributed by atoms with Gasteiger partial charge in [0.1, 0.15) is 23.9 Å². The van der Waals surface area contributed by atoms with Crippen molar-refractivity contribution in [3.8, 4) is 5.75 Å². The number of aromatic hydroxyl groups is 1. The summed E-state index contributed by atoms with van der Waals surface area (Å²) in [6, 6.07) is 0.233. The molecule has 0 saturated carbocycles. The molecule has 9 N–H and O–H groups in total. The maximum absolute atomic E-state index is 13.3. The number of carbonyl (C=O) groups excluding carboxylic acids is 3. The standard InChI is InChI=1S/C24H34N4O10/c1-3-12(2)20(23(36)27-17(24(37)38)11-19(32)33)28-22(35)16(10-13-4-6-14(29)7-5-13)26-21(34)15(25)8-9-18(30)31/h4-7,12,15-17,20,29H,3,8-11,25H2,1-2H3,(H,26,34)(H,27,36)(H,28,35)(H,30,31)(H,32,33)(H,37,38). The van der Waals surface area contributed by atoms with Crippen molar-refractivity contribution in [1.29, 1.82) is 0 Å². The van der Waals surface area contributed by atoms with Crippen molar-refractivity contribution in [1.82, 2.24) is 16.0 Å². The number of amides is 3. The van der Waals surface area contributed by atoms with Crippen molar-refractivity contribution in [3.63, 3.8) is 0 Å². The molecule has 0 fully saturated rings. The van der Waals surface area contributed by atoms with Crippen molar-refractivity contribution < 1.29 is 49.2 Å². The van der Waals surface area contributed by atoms with Crippen molar-refractivity contribution in [2.75, 3.05) is 0 Å². The molecule has 0 saturated heterocycles. The Bertz CT molecular complexity index is 1010. The van der Waals surface area contributed by atoms with E-state index < -0.39 is 72.1 Å². The molecule has 1 aromatic carbocycles. The van der Waals surface area contributed by atoms with Crippen LogP contribution in [0.2, 0.25) is 0 Å². The van der Waals surface area contributed by atoms with E-state index in [1.165, 1.54) is 24.3 Å². The Morgan fingerprint density at radius 3 is 1.92 bits per heavy atom. The van der Waals surface area contributed by atoms with Gasteiger partial charge >= 0.3 is 17.9 Å². The number of nitrogens with one attached hydrogen (secondary N) is 3. The highest BCUT2D eigenvalue weighted by molar-refractivity contribution is 5.95. The summed E-state index contributed by atoms with van der Waals surface area (Å²) in [6.07, 6.45) is -1.15. The number of carbonyl (C=O) groups is 6. The van der Waals surface area contributed by atoms with Crippen LogP contribution in [-0.4, -0.2) is 80.2 Å². The van der Waals surface area contributed by atoms with Gasteiger partial charge in [0, 0.05) is 12.8 Å². The Morgan fingerprint density at radius 1 is 0.842 bits per heavy atom. The second kappa shape index (κ2) is 15.1. The molecule has 0 radical (unpaired) electrons. The van der Waals surface area contributed by atoms with Crippen LogP contribution in [-0.2, 0) is 35.2 Å². The number of hydrogen-bond acceptors (Lipinski definition) is 8. The molecule has 210 valence electrons. The van der Waals surface area contributed by atoms with E-state index in [0.717, 1.165) is 0 Å². The van der Waals surface area contributed by atoms with Crippen LogP contribution in [0, 0.1) is 5.92 Å². The molecule has 0 bridgehead atoms. The molecule has 0 aliphatic heterocycles. The fraction of sp³-hybridized carbons (Fsp3) is 0.500. The highest BCUT2D eigenvalue weighted by atomic mass is 16.4. The number of hydrogen-bond donors (Lipinski definition) is 8. The molecular formula is C24H34N4O10. The van der Waals surface area contributed by atoms with E-state index in [-0.39, 0.29) is 25.0 Å². The minimum Gasteiger partial charge on any atom is -0.508 e. The first kappa shape index (κ1) is 31.8. The second-order valence-corrected chi connectivity index (χ2v) is 8.84. The van der Waals surface area contributed by atoms with E-state index in [4.69, 9.17) is 15.9 Å². The average Bonchev–Trinajstić information content (AvgIpc) is 2.84. The van der Waals surface area contributed by atoms with E-state index in [9.17, 15) is 39.0 Å². The summed E-state index contributed by atoms with van der Waals surface area (Å²) in [7, 11) is 0. The Balaban J connectivity index is 3.16. The van der Waals surface area contributed by atoms with Gasteiger partial charge in [0.25, 0.3) is 0 Å². The van der Waals surface area contributed by atoms with Gasteiger partial charge in [0.2, 0.25) is 17.7 Å². The van der Waals surface area contributed by atoms with E-state index in [0.29, 0.717) is 12.0 Å². The lowest BCUT2D eigenvalue weighted by molar-refractivity contribution is -0.147. The Hall–Kier alpha value is -4.20. The van der Waals surface area contributed by atoms with Crippen LogP contribution in [0.1, 0.15) is 45.1 Å². The third-order valence-electron chi connectivity index (χ3n) is 5.80. The lowest BCUT2D eigenvalue weighted by Crippen LogP contribution is -2.59. The Morgan fingerprint density at radius 2 is 1.42 bits per heavy atom. The molecular weight excluding hydrogens is 504 g/mol. The maximum atomic E-state index is 13.3. The van der Waals surface area contributed by atoms with Gasteiger partial charge in [0.15, 0.2) is 0 Å². The number of rotatable bonds is 16. The second-order valence-electron chi connectivity index (χ2n) is 8.84. The fourth-order valence-electron chi connectivity index (χ4n) is 3.36. The first-order valence-electron chi connectivity index (χ1n) is 11.9. The highest BCUT2D eigenvalue weighted by Crippen LogP contribution is 2.14. The summed E-state index contributed by atoms with van der Waals surface area (Å²) in [5.41, 5.74) is 6.29. The molecule has 1 aromatic rings. The van der Waals surface area contributed by atoms with Crippen molar-refractivity contribution >= 4 is 35.6 Å². The van der Waals surface area contributed by atoms with Crippen LogP contribution in [0.4, 0.5) is 0 Å². The largest absolute Gasteiger partial charge is 0.508 e. The van der Waals surface area contributed by atoms with Gasteiger partial charge in [-0.25, -0.2) is 4.79 Å². The van der Waals surface area contributed by atoms with Crippen molar-refractivity contribution in [2.24, 2.45) is 11.7 Å². The maximum Gasteiger partial charge on any atom is 0.326 e. The Labute approximate surface area is 218 Å². The monoisotopic (exact) mass is 538 g/mol. The number of phenols is 1. The van der Waals surface area contributed by atoms with Crippen LogP contribution >= 0.6 is 0 Å². The number of carboxylic acid groups (broad SMARTS) is 3. The third-order valence-corrected chi connectivity index (χ3v) is 5.80. The van der Waals surface area contributed by atoms with Crippen molar-refractivity contribution in [2.45, 2.75) is 70.1 Å². The summed E-state index contributed by atoms with van der Waals surface area (Å²) in [5, 5.41) is 43.6. The van der Waals surface area contributed by atoms with Crippen LogP contribution in [0.15, 0.2) is 24.3 Å². The van der Waals surface area contributed by atoms with Gasteiger partial charge in [-0.1, -0.05) is 32.4 Å². The number of aliphatic carboxylic acids is 3. The van der Waals surface area contributed by atoms with Crippen LogP contribution in [0.3, 0.4) is 0 Å².